The van der Waals surface area contributed by atoms with Gasteiger partial charge in [-0.2, -0.15) is 0 Å². The van der Waals surface area contributed by atoms with Crippen LogP contribution in [-0.4, -0.2) is 13.9 Å². The Bertz CT molecular complexity index is 1320. The Hall–Kier alpha value is -3.01. The van der Waals surface area contributed by atoms with Gasteiger partial charge in [0, 0.05) is 34.6 Å². The van der Waals surface area contributed by atoms with Gasteiger partial charge in [-0.1, -0.05) is 24.3 Å². The molecule has 6 heteroatoms. The highest BCUT2D eigenvalue weighted by Gasteiger charge is 2.22. The SMILES string of the molecule is Fc1ccc(Sn2c(-c3ccncc3)c(-c3ccc(P)cc3)c3ncccc32)cc1. The fourth-order valence-electron chi connectivity index (χ4n) is 3.48. The van der Waals surface area contributed by atoms with E-state index >= 15 is 0 Å². The van der Waals surface area contributed by atoms with E-state index in [0.717, 1.165) is 43.6 Å². The van der Waals surface area contributed by atoms with Gasteiger partial charge >= 0.3 is 0 Å². The Morgan fingerprint density at radius 1 is 0.800 bits per heavy atom. The topological polar surface area (TPSA) is 30.7 Å². The van der Waals surface area contributed by atoms with Crippen LogP contribution in [-0.2, 0) is 0 Å². The second-order valence-electron chi connectivity index (χ2n) is 6.79. The van der Waals surface area contributed by atoms with Crippen LogP contribution in [0.3, 0.4) is 0 Å². The Kier molecular flexibility index (Phi) is 5.07. The summed E-state index contributed by atoms with van der Waals surface area (Å²) in [4.78, 5) is 9.86. The lowest BCUT2D eigenvalue weighted by Gasteiger charge is -2.12. The highest BCUT2D eigenvalue weighted by molar-refractivity contribution is 7.98. The summed E-state index contributed by atoms with van der Waals surface area (Å²) in [5.41, 5.74) is 6.17. The van der Waals surface area contributed by atoms with E-state index in [9.17, 15) is 4.39 Å². The van der Waals surface area contributed by atoms with Crippen molar-refractivity contribution < 1.29 is 4.39 Å². The number of benzene rings is 2. The molecule has 0 saturated carbocycles. The molecule has 0 bridgehead atoms. The smallest absolute Gasteiger partial charge is 0.123 e. The van der Waals surface area contributed by atoms with Crippen LogP contribution in [0.1, 0.15) is 0 Å². The Balaban J connectivity index is 1.82. The Morgan fingerprint density at radius 3 is 2.27 bits per heavy atom. The standard InChI is InChI=1S/C24H17FN3PS/c25-18-5-9-20(10-6-18)30-28-21-2-1-13-27-23(21)22(16-3-7-19(29)8-4-16)24(28)17-11-14-26-15-12-17/h1-15H,29H2. The molecule has 0 fully saturated rings. The van der Waals surface area contributed by atoms with Crippen LogP contribution in [0.5, 0.6) is 0 Å². The minimum Gasteiger partial charge on any atom is -0.277 e. The second-order valence-corrected chi connectivity index (χ2v) is 8.48. The van der Waals surface area contributed by atoms with Gasteiger partial charge in [0.2, 0.25) is 0 Å². The third-order valence-electron chi connectivity index (χ3n) is 4.85. The molecular weight excluding hydrogens is 412 g/mol. The number of halogens is 1. The van der Waals surface area contributed by atoms with Gasteiger partial charge in [0.25, 0.3) is 0 Å². The molecule has 30 heavy (non-hydrogen) atoms. The molecule has 2 aromatic carbocycles. The molecule has 5 rings (SSSR count). The largest absolute Gasteiger partial charge is 0.277 e. The number of hydrogen-bond acceptors (Lipinski definition) is 3. The molecule has 0 aliphatic rings. The molecule has 3 nitrogen and oxygen atoms in total. The Labute approximate surface area is 180 Å². The monoisotopic (exact) mass is 429 g/mol. The molecule has 3 heterocycles. The van der Waals surface area contributed by atoms with Crippen LogP contribution in [0.25, 0.3) is 33.4 Å². The molecule has 1 unspecified atom stereocenters. The van der Waals surface area contributed by atoms with Crippen LogP contribution in [0.2, 0.25) is 0 Å². The van der Waals surface area contributed by atoms with E-state index in [-0.39, 0.29) is 5.82 Å². The van der Waals surface area contributed by atoms with Crippen molar-refractivity contribution in [2.24, 2.45) is 0 Å². The van der Waals surface area contributed by atoms with Gasteiger partial charge in [-0.25, -0.2) is 4.39 Å². The highest BCUT2D eigenvalue weighted by atomic mass is 32.2. The third-order valence-corrected chi connectivity index (χ3v) is 6.28. The first kappa shape index (κ1) is 19.0. The Morgan fingerprint density at radius 2 is 1.53 bits per heavy atom. The molecule has 0 aliphatic carbocycles. The second kappa shape index (κ2) is 8.02. The van der Waals surface area contributed by atoms with Gasteiger partial charge in [-0.15, -0.1) is 9.24 Å². The summed E-state index contributed by atoms with van der Waals surface area (Å²) >= 11 is 1.55. The van der Waals surface area contributed by atoms with Gasteiger partial charge in [0.15, 0.2) is 0 Å². The van der Waals surface area contributed by atoms with Crippen molar-refractivity contribution in [2.75, 3.05) is 0 Å². The zero-order valence-corrected chi connectivity index (χ0v) is 17.8. The summed E-state index contributed by atoms with van der Waals surface area (Å²) in [6.07, 6.45) is 5.41. The van der Waals surface area contributed by atoms with Crippen molar-refractivity contribution in [3.05, 3.63) is 97.2 Å². The van der Waals surface area contributed by atoms with E-state index < -0.39 is 0 Å². The average Bonchev–Trinajstić information content (AvgIpc) is 3.11. The molecule has 0 amide bonds. The fourth-order valence-corrected chi connectivity index (χ4v) is 4.67. The molecule has 0 aliphatic heterocycles. The van der Waals surface area contributed by atoms with Crippen molar-refractivity contribution in [2.45, 2.75) is 4.90 Å². The zero-order valence-electron chi connectivity index (χ0n) is 15.9. The maximum Gasteiger partial charge on any atom is 0.123 e. The minimum atomic E-state index is -0.244. The fraction of sp³-hybridized carbons (Fsp3) is 0. The summed E-state index contributed by atoms with van der Waals surface area (Å²) in [6.45, 7) is 0. The van der Waals surface area contributed by atoms with Gasteiger partial charge in [-0.3, -0.25) is 13.9 Å². The molecule has 1 atom stereocenters. The van der Waals surface area contributed by atoms with Gasteiger partial charge in [-0.05, 0) is 71.3 Å². The van der Waals surface area contributed by atoms with E-state index in [0.29, 0.717) is 0 Å². The summed E-state index contributed by atoms with van der Waals surface area (Å²) < 4.78 is 15.6. The summed E-state index contributed by atoms with van der Waals surface area (Å²) in [6, 6.07) is 23.0. The molecule has 0 radical (unpaired) electrons. The van der Waals surface area contributed by atoms with Gasteiger partial charge < -0.3 is 0 Å². The molecule has 146 valence electrons. The summed E-state index contributed by atoms with van der Waals surface area (Å²) in [5, 5.41) is 1.13. The van der Waals surface area contributed by atoms with Gasteiger partial charge in [0.1, 0.15) is 5.82 Å². The van der Waals surface area contributed by atoms with Crippen molar-refractivity contribution in [1.82, 2.24) is 13.9 Å². The molecular formula is C24H17FN3PS. The zero-order chi connectivity index (χ0) is 20.5. The highest BCUT2D eigenvalue weighted by Crippen LogP contribution is 2.43. The first-order valence-corrected chi connectivity index (χ1v) is 10.8. The average molecular weight is 429 g/mol. The maximum atomic E-state index is 13.4. The van der Waals surface area contributed by atoms with Crippen LogP contribution in [0.15, 0.2) is 96.3 Å². The number of pyridine rings is 2. The number of rotatable bonds is 4. The van der Waals surface area contributed by atoms with Crippen LogP contribution in [0, 0.1) is 5.82 Å². The first-order chi connectivity index (χ1) is 14.7. The quantitative estimate of drug-likeness (QED) is 0.330. The summed E-state index contributed by atoms with van der Waals surface area (Å²) in [7, 11) is 2.72. The van der Waals surface area contributed by atoms with Crippen molar-refractivity contribution in [3.63, 3.8) is 0 Å². The maximum absolute atomic E-state index is 13.4. The third kappa shape index (κ3) is 3.51. The van der Waals surface area contributed by atoms with Crippen LogP contribution >= 0.6 is 21.2 Å². The van der Waals surface area contributed by atoms with Crippen molar-refractivity contribution in [1.29, 1.82) is 0 Å². The lowest BCUT2D eigenvalue weighted by molar-refractivity contribution is 0.626. The lowest BCUT2D eigenvalue weighted by Crippen LogP contribution is -1.93. The number of fused-ring (bicyclic) bond motifs is 1. The van der Waals surface area contributed by atoms with Crippen LogP contribution in [0.4, 0.5) is 4.39 Å². The minimum absolute atomic E-state index is 0.244. The van der Waals surface area contributed by atoms with Crippen LogP contribution < -0.4 is 5.30 Å². The first-order valence-electron chi connectivity index (χ1n) is 9.40. The predicted octanol–water partition coefficient (Wildman–Crippen LogP) is 5.96. The number of hydrogen-bond donors (Lipinski definition) is 0. The van der Waals surface area contributed by atoms with E-state index in [2.05, 4.69) is 48.5 Å². The molecule has 3 aromatic heterocycles. The molecule has 0 N–H and O–H groups in total. The predicted molar refractivity (Wildman–Crippen MR) is 125 cm³/mol. The van der Waals surface area contributed by atoms with Crippen molar-refractivity contribution in [3.8, 4) is 22.4 Å². The molecule has 5 aromatic rings. The van der Waals surface area contributed by atoms with E-state index in [1.165, 1.54) is 12.1 Å². The van der Waals surface area contributed by atoms with Gasteiger partial charge in [0.05, 0.1) is 16.7 Å². The normalized spacial score (nSPS) is 11.1. The van der Waals surface area contributed by atoms with Crippen molar-refractivity contribution >= 4 is 37.5 Å². The van der Waals surface area contributed by atoms with E-state index in [1.54, 1.807) is 36.5 Å². The molecule has 0 saturated heterocycles. The van der Waals surface area contributed by atoms with E-state index in [4.69, 9.17) is 4.98 Å². The number of aromatic nitrogens is 3. The van der Waals surface area contributed by atoms with E-state index in [1.807, 2.05) is 24.4 Å². The molecule has 0 spiro atoms. The number of nitrogens with zero attached hydrogens (tertiary/aromatic N) is 3. The summed E-state index contributed by atoms with van der Waals surface area (Å²) in [5.74, 6) is -0.244. The lowest BCUT2D eigenvalue weighted by atomic mass is 10.0.